The van der Waals surface area contributed by atoms with Crippen molar-refractivity contribution in [2.24, 2.45) is 0 Å². The molecule has 0 aliphatic heterocycles. The third-order valence-electron chi connectivity index (χ3n) is 7.45. The molecular weight excluding hydrogens is 731 g/mol. The molecule has 2 heterocycles. The van der Waals surface area contributed by atoms with Crippen molar-refractivity contribution in [2.75, 3.05) is 31.9 Å². The van der Waals surface area contributed by atoms with Crippen molar-refractivity contribution in [3.05, 3.63) is 182 Å². The minimum absolute atomic E-state index is 0. The van der Waals surface area contributed by atoms with Gasteiger partial charge in [-0.2, -0.15) is 29.9 Å². The maximum absolute atomic E-state index is 4.48. The second kappa shape index (κ2) is 24.0. The van der Waals surface area contributed by atoms with Crippen LogP contribution in [0.15, 0.2) is 182 Å². The lowest BCUT2D eigenvalue weighted by Gasteiger charge is -2.11. The van der Waals surface area contributed by atoms with Crippen LogP contribution >= 0.6 is 0 Å². The molecule has 6 N–H and O–H groups in total. The van der Waals surface area contributed by atoms with Crippen LogP contribution in [0.5, 0.6) is 0 Å². The van der Waals surface area contributed by atoms with Crippen LogP contribution < -0.4 is 31.9 Å². The van der Waals surface area contributed by atoms with Gasteiger partial charge >= 0.3 is 0 Å². The molecule has 0 saturated heterocycles. The molecule has 8 aromatic rings. The minimum Gasteiger partial charge on any atom is -0.324 e. The van der Waals surface area contributed by atoms with Crippen molar-refractivity contribution in [1.82, 2.24) is 29.9 Å². The summed E-state index contributed by atoms with van der Waals surface area (Å²) in [4.78, 5) is 26.9. The van der Waals surface area contributed by atoms with E-state index < -0.39 is 0 Å². The van der Waals surface area contributed by atoms with Gasteiger partial charge in [0, 0.05) is 44.0 Å². The number of hydrogen-bond acceptors (Lipinski definition) is 12. The van der Waals surface area contributed by atoms with E-state index in [1.165, 1.54) is 6.42 Å². The number of aromatic nitrogens is 6. The fraction of sp³-hybridized carbons (Fsp3) is 0.0870. The first-order valence-electron chi connectivity index (χ1n) is 18.6. The van der Waals surface area contributed by atoms with Crippen molar-refractivity contribution >= 4 is 78.2 Å². The molecule has 3 radical (unpaired) electrons. The molecule has 0 aliphatic carbocycles. The average molecular weight is 783 g/mol. The summed E-state index contributed by atoms with van der Waals surface area (Å²) in [5.41, 5.74) is 5.42. The Hall–Kier alpha value is -7.80. The molecule has 0 amide bonds. The zero-order chi connectivity index (χ0) is 39.3. The molecule has 0 spiro atoms. The van der Waals surface area contributed by atoms with Gasteiger partial charge < -0.3 is 31.9 Å². The fourth-order valence-corrected chi connectivity index (χ4v) is 4.99. The number of rotatable bonds is 12. The van der Waals surface area contributed by atoms with Gasteiger partial charge in [-0.1, -0.05) is 137 Å². The molecule has 12 nitrogen and oxygen atoms in total. The SMILES string of the molecule is C.CCC.[2HH].[B].c1ccc(Nc2nc(Nc3ccccc3)nc(Nc3ccccc3)n2)cc1.c1ccc(Nc2nc(Nc3ccccc3)nc(Nc3ccccc3)n2)cc1. The topological polar surface area (TPSA) is 150 Å². The second-order valence-corrected chi connectivity index (χ2v) is 12.3. The van der Waals surface area contributed by atoms with Gasteiger partial charge in [0.05, 0.1) is 0 Å². The van der Waals surface area contributed by atoms with E-state index in [9.17, 15) is 0 Å². The predicted octanol–water partition coefficient (Wildman–Crippen LogP) is 12.1. The van der Waals surface area contributed by atoms with E-state index in [0.29, 0.717) is 35.7 Å². The van der Waals surface area contributed by atoms with Gasteiger partial charge in [0.15, 0.2) is 0 Å². The van der Waals surface area contributed by atoms with E-state index in [4.69, 9.17) is 0 Å². The summed E-state index contributed by atoms with van der Waals surface area (Å²) < 4.78 is 0. The quantitative estimate of drug-likeness (QED) is 0.0655. The van der Waals surface area contributed by atoms with Crippen molar-refractivity contribution in [1.29, 1.82) is 0 Å². The third-order valence-corrected chi connectivity index (χ3v) is 7.45. The van der Waals surface area contributed by atoms with Crippen molar-refractivity contribution in [2.45, 2.75) is 27.7 Å². The Morgan fingerprint density at radius 3 is 0.525 bits per heavy atom. The Balaban J connectivity index is 0.000000287. The van der Waals surface area contributed by atoms with Gasteiger partial charge in [0.1, 0.15) is 0 Å². The average Bonchev–Trinajstić information content (AvgIpc) is 3.24. The summed E-state index contributed by atoms with van der Waals surface area (Å²) in [5.74, 6) is 2.71. The van der Waals surface area contributed by atoms with Crippen LogP contribution in [0.2, 0.25) is 0 Å². The van der Waals surface area contributed by atoms with Crippen molar-refractivity contribution in [3.8, 4) is 0 Å². The minimum atomic E-state index is 0. The van der Waals surface area contributed by atoms with E-state index in [1.807, 2.05) is 182 Å². The lowest BCUT2D eigenvalue weighted by Crippen LogP contribution is -2.07. The van der Waals surface area contributed by atoms with Gasteiger partial charge in [0.2, 0.25) is 35.7 Å². The van der Waals surface area contributed by atoms with Crippen LogP contribution in [-0.4, -0.2) is 38.3 Å². The number of nitrogens with zero attached hydrogens (tertiary/aromatic N) is 6. The Labute approximate surface area is 350 Å². The monoisotopic (exact) mass is 782 g/mol. The van der Waals surface area contributed by atoms with Gasteiger partial charge in [-0.05, 0) is 72.8 Å². The van der Waals surface area contributed by atoms with E-state index in [-0.39, 0.29) is 17.3 Å². The molecule has 0 fully saturated rings. The molecule has 0 aliphatic rings. The number of benzene rings is 6. The molecule has 297 valence electrons. The molecule has 13 heteroatoms. The summed E-state index contributed by atoms with van der Waals surface area (Å²) in [6.45, 7) is 4.25. The first-order chi connectivity index (χ1) is 28.1. The molecule has 6 aromatic carbocycles. The van der Waals surface area contributed by atoms with E-state index >= 15 is 0 Å². The highest BCUT2D eigenvalue weighted by atomic mass is 15.3. The van der Waals surface area contributed by atoms with Crippen LogP contribution in [0, 0.1) is 0 Å². The summed E-state index contributed by atoms with van der Waals surface area (Å²) in [6, 6.07) is 58.7. The van der Waals surface area contributed by atoms with Crippen LogP contribution in [0.1, 0.15) is 29.1 Å². The van der Waals surface area contributed by atoms with Crippen molar-refractivity contribution < 1.29 is 1.43 Å². The highest BCUT2D eigenvalue weighted by Gasteiger charge is 2.10. The smallest absolute Gasteiger partial charge is 0.233 e. The molecule has 0 bridgehead atoms. The van der Waals surface area contributed by atoms with E-state index in [0.717, 1.165) is 34.1 Å². The predicted molar refractivity (Wildman–Crippen MR) is 249 cm³/mol. The molecule has 0 atom stereocenters. The molecule has 0 saturated carbocycles. The molecule has 0 unspecified atom stereocenters. The van der Waals surface area contributed by atoms with Gasteiger partial charge in [-0.3, -0.25) is 0 Å². The molecule has 8 rings (SSSR count). The number of hydrogen-bond donors (Lipinski definition) is 6. The zero-order valence-electron chi connectivity index (χ0n) is 32.3. The van der Waals surface area contributed by atoms with Gasteiger partial charge in [-0.15, -0.1) is 0 Å². The summed E-state index contributed by atoms with van der Waals surface area (Å²) in [7, 11) is 0. The third kappa shape index (κ3) is 15.0. The van der Waals surface area contributed by atoms with Crippen LogP contribution in [0.25, 0.3) is 0 Å². The summed E-state index contributed by atoms with van der Waals surface area (Å²) in [5, 5.41) is 19.3. The zero-order valence-corrected chi connectivity index (χ0v) is 32.3. The molecule has 2 aromatic heterocycles. The Morgan fingerprint density at radius 1 is 0.288 bits per heavy atom. The van der Waals surface area contributed by atoms with Gasteiger partial charge in [-0.25, -0.2) is 0 Å². The lowest BCUT2D eigenvalue weighted by atomic mass is 10.3. The number of anilines is 12. The fourth-order valence-electron chi connectivity index (χ4n) is 4.99. The number of nitrogens with one attached hydrogen (secondary N) is 6. The summed E-state index contributed by atoms with van der Waals surface area (Å²) in [6.07, 6.45) is 1.25. The first-order valence-corrected chi connectivity index (χ1v) is 18.6. The Kier molecular flexibility index (Phi) is 17.8. The normalized spacial score (nSPS) is 9.66. The maximum atomic E-state index is 4.48. The Bertz CT molecular complexity index is 1890. The van der Waals surface area contributed by atoms with Crippen molar-refractivity contribution in [3.63, 3.8) is 0 Å². The second-order valence-electron chi connectivity index (χ2n) is 12.3. The first kappa shape index (κ1) is 43.9. The van der Waals surface area contributed by atoms with Crippen LogP contribution in [0.3, 0.4) is 0 Å². The standard InChI is InChI=1S/2C21H18N6.C3H8.CH4.B.H2/c2*1-4-10-16(11-5-1)22-19-25-20(23-17-12-6-2-7-13-17)27-21(26-19)24-18-14-8-3-9-15-18;1-3-2;;;/h2*1-15H,(H3,22,23,24,25,26,27);3H2,1-2H3;1H4;;1H/i;;;;;1+1. The summed E-state index contributed by atoms with van der Waals surface area (Å²) >= 11 is 0. The highest BCUT2D eigenvalue weighted by Crippen LogP contribution is 2.22. The lowest BCUT2D eigenvalue weighted by molar-refractivity contribution is 1.06. The van der Waals surface area contributed by atoms with Crippen LogP contribution in [0.4, 0.5) is 69.8 Å². The molecular formula is C46H50BN12. The van der Waals surface area contributed by atoms with Gasteiger partial charge in [0.25, 0.3) is 0 Å². The highest BCUT2D eigenvalue weighted by molar-refractivity contribution is 5.75. The van der Waals surface area contributed by atoms with E-state index in [1.54, 1.807) is 0 Å². The maximum Gasteiger partial charge on any atom is 0.233 e. The number of para-hydroxylation sites is 6. The van der Waals surface area contributed by atoms with E-state index in [2.05, 4.69) is 75.7 Å². The molecule has 59 heavy (non-hydrogen) atoms. The Morgan fingerprint density at radius 2 is 0.407 bits per heavy atom. The largest absolute Gasteiger partial charge is 0.324 e. The van der Waals surface area contributed by atoms with Crippen LogP contribution in [-0.2, 0) is 0 Å².